The highest BCUT2D eigenvalue weighted by atomic mass is 16.5. The maximum atomic E-state index is 12.4. The quantitative estimate of drug-likeness (QED) is 0.790. The van der Waals surface area contributed by atoms with Crippen molar-refractivity contribution < 1.29 is 9.53 Å². The van der Waals surface area contributed by atoms with Crippen LogP contribution in [0.5, 0.6) is 0 Å². The molecule has 0 N–H and O–H groups in total. The van der Waals surface area contributed by atoms with E-state index in [1.807, 2.05) is 29.2 Å². The Morgan fingerprint density at radius 2 is 1.92 bits per heavy atom. The number of benzene rings is 1. The Hall–Kier alpha value is -2.09. The van der Waals surface area contributed by atoms with Crippen LogP contribution in [0.15, 0.2) is 30.3 Å². The highest BCUT2D eigenvalue weighted by Crippen LogP contribution is 2.21. The fraction of sp³-hybridized carbons (Fsp3) is 0.476. The SMILES string of the molecule is C#Cc1ccccc1/C=C\C1CCN(C(=O)CN2CCOCC2)CC1. The molecule has 1 aromatic carbocycles. The van der Waals surface area contributed by atoms with Gasteiger partial charge in [-0.1, -0.05) is 36.3 Å². The van der Waals surface area contributed by atoms with Gasteiger partial charge in [0.1, 0.15) is 0 Å². The number of carbonyl (C=O) groups is 1. The number of amides is 1. The zero-order valence-corrected chi connectivity index (χ0v) is 14.7. The zero-order chi connectivity index (χ0) is 17.5. The lowest BCUT2D eigenvalue weighted by molar-refractivity contribution is -0.134. The van der Waals surface area contributed by atoms with Crippen molar-refractivity contribution in [3.8, 4) is 12.3 Å². The molecular formula is C21H26N2O2. The summed E-state index contributed by atoms with van der Waals surface area (Å²) in [5, 5.41) is 0. The lowest BCUT2D eigenvalue weighted by atomic mass is 9.95. The second kappa shape index (κ2) is 8.84. The van der Waals surface area contributed by atoms with E-state index < -0.39 is 0 Å². The third-order valence-corrected chi connectivity index (χ3v) is 5.02. The van der Waals surface area contributed by atoms with Gasteiger partial charge in [-0.3, -0.25) is 9.69 Å². The molecule has 4 heteroatoms. The van der Waals surface area contributed by atoms with Crippen molar-refractivity contribution in [1.82, 2.24) is 9.80 Å². The van der Waals surface area contributed by atoms with Crippen molar-refractivity contribution in [2.24, 2.45) is 5.92 Å². The van der Waals surface area contributed by atoms with E-state index in [9.17, 15) is 4.79 Å². The molecule has 2 fully saturated rings. The largest absolute Gasteiger partial charge is 0.379 e. The summed E-state index contributed by atoms with van der Waals surface area (Å²) in [7, 11) is 0. The molecular weight excluding hydrogens is 312 g/mol. The molecule has 0 aliphatic carbocycles. The maximum absolute atomic E-state index is 12.4. The van der Waals surface area contributed by atoms with Crippen molar-refractivity contribution in [2.45, 2.75) is 12.8 Å². The molecule has 1 aromatic rings. The highest BCUT2D eigenvalue weighted by molar-refractivity contribution is 5.78. The number of allylic oxidation sites excluding steroid dienone is 1. The summed E-state index contributed by atoms with van der Waals surface area (Å²) in [6.45, 7) is 5.40. The number of hydrogen-bond donors (Lipinski definition) is 0. The minimum Gasteiger partial charge on any atom is -0.379 e. The average Bonchev–Trinajstić information content (AvgIpc) is 2.67. The van der Waals surface area contributed by atoms with E-state index in [1.54, 1.807) is 0 Å². The second-order valence-corrected chi connectivity index (χ2v) is 6.70. The Bertz CT molecular complexity index is 648. The van der Waals surface area contributed by atoms with Crippen LogP contribution in [0.2, 0.25) is 0 Å². The molecule has 2 aliphatic heterocycles. The fourth-order valence-electron chi connectivity index (χ4n) is 3.41. The summed E-state index contributed by atoms with van der Waals surface area (Å²) < 4.78 is 5.33. The molecule has 132 valence electrons. The molecule has 3 rings (SSSR count). The van der Waals surface area contributed by atoms with Crippen LogP contribution in [0.3, 0.4) is 0 Å². The third-order valence-electron chi connectivity index (χ3n) is 5.02. The Morgan fingerprint density at radius 3 is 2.64 bits per heavy atom. The second-order valence-electron chi connectivity index (χ2n) is 6.70. The van der Waals surface area contributed by atoms with Gasteiger partial charge in [-0.05, 0) is 30.4 Å². The van der Waals surface area contributed by atoms with E-state index in [0.29, 0.717) is 12.5 Å². The smallest absolute Gasteiger partial charge is 0.236 e. The Kier molecular flexibility index (Phi) is 6.27. The third kappa shape index (κ3) is 4.94. The van der Waals surface area contributed by atoms with Crippen molar-refractivity contribution in [3.05, 3.63) is 41.5 Å². The molecule has 0 bridgehead atoms. The first-order valence-electron chi connectivity index (χ1n) is 9.08. The van der Waals surface area contributed by atoms with Crippen LogP contribution >= 0.6 is 0 Å². The van der Waals surface area contributed by atoms with Crippen molar-refractivity contribution >= 4 is 12.0 Å². The normalized spacial score (nSPS) is 19.9. The van der Waals surface area contributed by atoms with Gasteiger partial charge in [0, 0.05) is 31.7 Å². The number of morpholine rings is 1. The first-order valence-corrected chi connectivity index (χ1v) is 9.08. The molecule has 0 atom stereocenters. The first-order chi connectivity index (χ1) is 12.3. The van der Waals surface area contributed by atoms with Crippen LogP contribution in [0.25, 0.3) is 6.08 Å². The summed E-state index contributed by atoms with van der Waals surface area (Å²) in [5.41, 5.74) is 2.02. The van der Waals surface area contributed by atoms with Crippen molar-refractivity contribution in [3.63, 3.8) is 0 Å². The average molecular weight is 338 g/mol. The number of likely N-dealkylation sites (tertiary alicyclic amines) is 1. The molecule has 0 radical (unpaired) electrons. The molecule has 0 spiro atoms. The van der Waals surface area contributed by atoms with Crippen LogP contribution in [0.1, 0.15) is 24.0 Å². The lowest BCUT2D eigenvalue weighted by Gasteiger charge is -2.33. The monoisotopic (exact) mass is 338 g/mol. The van der Waals surface area contributed by atoms with Gasteiger partial charge in [-0.25, -0.2) is 0 Å². The molecule has 2 saturated heterocycles. The summed E-state index contributed by atoms with van der Waals surface area (Å²) in [6, 6.07) is 7.98. The highest BCUT2D eigenvalue weighted by Gasteiger charge is 2.23. The number of carbonyl (C=O) groups excluding carboxylic acids is 1. The molecule has 25 heavy (non-hydrogen) atoms. The number of rotatable bonds is 4. The zero-order valence-electron chi connectivity index (χ0n) is 14.7. The van der Waals surface area contributed by atoms with E-state index in [2.05, 4.69) is 23.0 Å². The fourth-order valence-corrected chi connectivity index (χ4v) is 3.41. The predicted molar refractivity (Wildman–Crippen MR) is 100.0 cm³/mol. The molecule has 0 unspecified atom stereocenters. The van der Waals surface area contributed by atoms with Gasteiger partial charge in [0.25, 0.3) is 0 Å². The topological polar surface area (TPSA) is 32.8 Å². The van der Waals surface area contributed by atoms with E-state index in [0.717, 1.165) is 63.4 Å². The van der Waals surface area contributed by atoms with Gasteiger partial charge in [0.05, 0.1) is 19.8 Å². The molecule has 0 saturated carbocycles. The van der Waals surface area contributed by atoms with E-state index in [-0.39, 0.29) is 5.91 Å². The molecule has 2 heterocycles. The molecule has 4 nitrogen and oxygen atoms in total. The number of ether oxygens (including phenoxy) is 1. The number of hydrogen-bond acceptors (Lipinski definition) is 3. The van der Waals surface area contributed by atoms with E-state index in [4.69, 9.17) is 11.2 Å². The minimum absolute atomic E-state index is 0.252. The Labute approximate surface area is 150 Å². The van der Waals surface area contributed by atoms with Crippen LogP contribution < -0.4 is 0 Å². The predicted octanol–water partition coefficient (Wildman–Crippen LogP) is 2.25. The molecule has 0 aromatic heterocycles. The summed E-state index contributed by atoms with van der Waals surface area (Å²) >= 11 is 0. The Morgan fingerprint density at radius 1 is 1.20 bits per heavy atom. The number of terminal acetylenes is 1. The molecule has 2 aliphatic rings. The van der Waals surface area contributed by atoms with Crippen LogP contribution in [0.4, 0.5) is 0 Å². The van der Waals surface area contributed by atoms with Gasteiger partial charge >= 0.3 is 0 Å². The van der Waals surface area contributed by atoms with Crippen LogP contribution in [-0.2, 0) is 9.53 Å². The van der Waals surface area contributed by atoms with Gasteiger partial charge < -0.3 is 9.64 Å². The standard InChI is InChI=1S/C21H26N2O2/c1-2-19-5-3-4-6-20(19)8-7-18-9-11-23(12-10-18)21(24)17-22-13-15-25-16-14-22/h1,3-8,18H,9-17H2/b8-7-. The summed E-state index contributed by atoms with van der Waals surface area (Å²) in [5.74, 6) is 3.49. The van der Waals surface area contributed by atoms with E-state index in [1.165, 1.54) is 0 Å². The summed E-state index contributed by atoms with van der Waals surface area (Å²) in [4.78, 5) is 16.6. The minimum atomic E-state index is 0.252. The Balaban J connectivity index is 1.47. The van der Waals surface area contributed by atoms with Gasteiger partial charge in [0.15, 0.2) is 0 Å². The van der Waals surface area contributed by atoms with Gasteiger partial charge in [-0.15, -0.1) is 6.42 Å². The van der Waals surface area contributed by atoms with Gasteiger partial charge in [0.2, 0.25) is 5.91 Å². The lowest BCUT2D eigenvalue weighted by Crippen LogP contribution is -2.46. The maximum Gasteiger partial charge on any atom is 0.236 e. The molecule has 1 amide bonds. The summed E-state index contributed by atoms with van der Waals surface area (Å²) in [6.07, 6.45) is 12.0. The van der Waals surface area contributed by atoms with Gasteiger partial charge in [-0.2, -0.15) is 0 Å². The van der Waals surface area contributed by atoms with Crippen molar-refractivity contribution in [1.29, 1.82) is 0 Å². The van der Waals surface area contributed by atoms with Crippen LogP contribution in [-0.4, -0.2) is 61.6 Å². The van der Waals surface area contributed by atoms with Crippen molar-refractivity contribution in [2.75, 3.05) is 45.9 Å². The van der Waals surface area contributed by atoms with Crippen LogP contribution in [0, 0.1) is 18.3 Å². The number of nitrogens with zero attached hydrogens (tertiary/aromatic N) is 2. The first kappa shape index (κ1) is 17.7. The van der Waals surface area contributed by atoms with E-state index >= 15 is 0 Å². The number of piperidine rings is 1.